The normalized spacial score (nSPS) is 10.6. The van der Waals surface area contributed by atoms with E-state index in [-0.39, 0.29) is 25.4 Å². The van der Waals surface area contributed by atoms with Crippen LogP contribution in [0.4, 0.5) is 10.5 Å². The number of carbonyl (C=O) groups is 1. The van der Waals surface area contributed by atoms with Gasteiger partial charge in [0, 0.05) is 35.8 Å². The quantitative estimate of drug-likeness (QED) is 0.497. The Kier molecular flexibility index (Phi) is 5.02. The molecule has 26 heavy (non-hydrogen) atoms. The van der Waals surface area contributed by atoms with Crippen LogP contribution in [-0.4, -0.2) is 39.2 Å². The lowest BCUT2D eigenvalue weighted by Gasteiger charge is -2.19. The molecule has 0 saturated carbocycles. The Bertz CT molecular complexity index is 937. The van der Waals surface area contributed by atoms with Gasteiger partial charge in [-0.1, -0.05) is 18.2 Å². The van der Waals surface area contributed by atoms with Crippen molar-refractivity contribution in [3.63, 3.8) is 0 Å². The molecule has 0 aliphatic rings. The van der Waals surface area contributed by atoms with E-state index in [2.05, 4.69) is 4.98 Å². The van der Waals surface area contributed by atoms with Crippen LogP contribution in [0.3, 0.4) is 0 Å². The predicted octanol–water partition coefficient (Wildman–Crippen LogP) is 3.64. The van der Waals surface area contributed by atoms with E-state index in [1.807, 2.05) is 30.5 Å². The van der Waals surface area contributed by atoms with Crippen molar-refractivity contribution in [2.45, 2.75) is 6.54 Å². The van der Waals surface area contributed by atoms with Crippen molar-refractivity contribution in [2.24, 2.45) is 0 Å². The molecule has 1 heterocycles. The molecule has 0 bridgehead atoms. The van der Waals surface area contributed by atoms with Crippen molar-refractivity contribution in [1.82, 2.24) is 9.88 Å². The first-order valence-corrected chi connectivity index (χ1v) is 7.94. The van der Waals surface area contributed by atoms with Crippen LogP contribution in [0, 0.1) is 10.1 Å². The first-order chi connectivity index (χ1) is 12.5. The zero-order chi connectivity index (χ0) is 18.5. The number of fused-ring (bicyclic) bond motifs is 1. The smallest absolute Gasteiger partial charge is 0.407 e. The van der Waals surface area contributed by atoms with Gasteiger partial charge in [0.2, 0.25) is 0 Å². The number of nitrogens with zero attached hydrogens (tertiary/aromatic N) is 2. The number of benzene rings is 2. The van der Waals surface area contributed by atoms with E-state index in [1.54, 1.807) is 6.07 Å². The number of H-pyrrole nitrogens is 1. The topological polar surface area (TPSA) is 109 Å². The van der Waals surface area contributed by atoms with Gasteiger partial charge >= 0.3 is 6.09 Å². The minimum Gasteiger partial charge on any atom is -0.491 e. The van der Waals surface area contributed by atoms with Gasteiger partial charge < -0.3 is 19.7 Å². The fourth-order valence-corrected chi connectivity index (χ4v) is 2.68. The number of rotatable bonds is 7. The number of amides is 1. The molecule has 1 aromatic heterocycles. The number of aromatic nitrogens is 1. The monoisotopic (exact) mass is 355 g/mol. The molecule has 2 N–H and O–H groups in total. The lowest BCUT2D eigenvalue weighted by atomic mass is 10.2. The van der Waals surface area contributed by atoms with Crippen LogP contribution in [0.5, 0.6) is 5.75 Å². The molecule has 2 aromatic carbocycles. The summed E-state index contributed by atoms with van der Waals surface area (Å²) in [7, 11) is 0. The molecule has 0 atom stereocenters. The number of ether oxygens (including phenoxy) is 1. The summed E-state index contributed by atoms with van der Waals surface area (Å²) in [5.41, 5.74) is 1.42. The van der Waals surface area contributed by atoms with E-state index >= 15 is 0 Å². The first kappa shape index (κ1) is 17.3. The van der Waals surface area contributed by atoms with Gasteiger partial charge in [-0.3, -0.25) is 10.1 Å². The Morgan fingerprint density at radius 3 is 2.81 bits per heavy atom. The number of nitro groups is 1. The van der Waals surface area contributed by atoms with Gasteiger partial charge in [0.05, 0.1) is 11.5 Å². The Morgan fingerprint density at radius 2 is 2.04 bits per heavy atom. The van der Waals surface area contributed by atoms with Crippen LogP contribution in [0.15, 0.2) is 54.7 Å². The average molecular weight is 355 g/mol. The third-order valence-corrected chi connectivity index (χ3v) is 3.94. The maximum Gasteiger partial charge on any atom is 0.407 e. The van der Waals surface area contributed by atoms with E-state index in [1.165, 1.54) is 18.2 Å². The molecule has 0 aliphatic heterocycles. The molecule has 0 radical (unpaired) electrons. The van der Waals surface area contributed by atoms with Gasteiger partial charge in [0.25, 0.3) is 5.69 Å². The van der Waals surface area contributed by atoms with Gasteiger partial charge in [-0.2, -0.15) is 0 Å². The molecule has 1 amide bonds. The molecule has 8 nitrogen and oxygen atoms in total. The summed E-state index contributed by atoms with van der Waals surface area (Å²) in [5.74, 6) is 0.671. The second-order valence-corrected chi connectivity index (χ2v) is 5.67. The molecule has 0 fully saturated rings. The number of non-ortho nitro benzene ring substituents is 1. The highest BCUT2D eigenvalue weighted by atomic mass is 16.6. The van der Waals surface area contributed by atoms with Gasteiger partial charge in [0.1, 0.15) is 12.4 Å². The number of aromatic amines is 1. The number of nitro benzene ring substituents is 1. The highest BCUT2D eigenvalue weighted by Gasteiger charge is 2.15. The van der Waals surface area contributed by atoms with Crippen molar-refractivity contribution < 1.29 is 19.6 Å². The van der Waals surface area contributed by atoms with Crippen molar-refractivity contribution in [2.75, 3.05) is 13.2 Å². The van der Waals surface area contributed by atoms with E-state index in [4.69, 9.17) is 4.74 Å². The standard InChI is InChI=1S/C18H17N3O5/c22-18(23)20(12-13-3-1-4-14(11-13)21(24)25)9-10-26-17-6-2-5-16-15(17)7-8-19-16/h1-8,11,19H,9-10,12H2,(H,22,23). The number of hydrogen-bond acceptors (Lipinski definition) is 4. The summed E-state index contributed by atoms with van der Waals surface area (Å²) in [6.07, 6.45) is 0.698. The van der Waals surface area contributed by atoms with Crippen molar-refractivity contribution in [1.29, 1.82) is 0 Å². The minimum absolute atomic E-state index is 0.0503. The minimum atomic E-state index is -1.11. The fraction of sp³-hybridized carbons (Fsp3) is 0.167. The van der Waals surface area contributed by atoms with E-state index in [0.717, 1.165) is 15.8 Å². The molecule has 0 saturated heterocycles. The summed E-state index contributed by atoms with van der Waals surface area (Å²) in [6, 6.07) is 13.4. The number of nitrogens with one attached hydrogen (secondary N) is 1. The second kappa shape index (κ2) is 7.56. The van der Waals surface area contributed by atoms with Crippen molar-refractivity contribution in [3.8, 4) is 5.75 Å². The van der Waals surface area contributed by atoms with Crippen LogP contribution in [0.1, 0.15) is 5.56 Å². The zero-order valence-electron chi connectivity index (χ0n) is 13.8. The maximum absolute atomic E-state index is 11.5. The summed E-state index contributed by atoms with van der Waals surface area (Å²) in [5, 5.41) is 21.1. The second-order valence-electron chi connectivity index (χ2n) is 5.67. The lowest BCUT2D eigenvalue weighted by Crippen LogP contribution is -2.32. The average Bonchev–Trinajstić information content (AvgIpc) is 3.10. The van der Waals surface area contributed by atoms with Crippen molar-refractivity contribution in [3.05, 3.63) is 70.4 Å². The van der Waals surface area contributed by atoms with Crippen LogP contribution < -0.4 is 4.74 Å². The lowest BCUT2D eigenvalue weighted by molar-refractivity contribution is -0.384. The molecular weight excluding hydrogens is 338 g/mol. The highest BCUT2D eigenvalue weighted by Crippen LogP contribution is 2.24. The Labute approximate surface area is 148 Å². The molecule has 3 rings (SSSR count). The fourth-order valence-electron chi connectivity index (χ4n) is 2.68. The van der Waals surface area contributed by atoms with Gasteiger partial charge in [-0.25, -0.2) is 4.79 Å². The number of carboxylic acid groups (broad SMARTS) is 1. The van der Waals surface area contributed by atoms with Gasteiger partial charge in [-0.05, 0) is 23.8 Å². The van der Waals surface area contributed by atoms with E-state index < -0.39 is 11.0 Å². The summed E-state index contributed by atoms with van der Waals surface area (Å²) in [4.78, 5) is 26.1. The third kappa shape index (κ3) is 3.92. The summed E-state index contributed by atoms with van der Waals surface area (Å²) in [6.45, 7) is 0.360. The molecule has 134 valence electrons. The van der Waals surface area contributed by atoms with Crippen LogP contribution in [0.2, 0.25) is 0 Å². The van der Waals surface area contributed by atoms with Crippen LogP contribution in [0.25, 0.3) is 10.9 Å². The van der Waals surface area contributed by atoms with Crippen molar-refractivity contribution >= 4 is 22.7 Å². The SMILES string of the molecule is O=C(O)N(CCOc1cccc2[nH]ccc12)Cc1cccc([N+](=O)[O-])c1. The molecule has 0 unspecified atom stereocenters. The van der Waals surface area contributed by atoms with Crippen LogP contribution in [-0.2, 0) is 6.54 Å². The predicted molar refractivity (Wildman–Crippen MR) is 95.3 cm³/mol. The zero-order valence-corrected chi connectivity index (χ0v) is 13.8. The molecule has 8 heteroatoms. The Balaban J connectivity index is 1.64. The first-order valence-electron chi connectivity index (χ1n) is 7.94. The third-order valence-electron chi connectivity index (χ3n) is 3.94. The molecule has 0 spiro atoms. The summed E-state index contributed by atoms with van der Waals surface area (Å²) >= 11 is 0. The number of hydrogen-bond donors (Lipinski definition) is 2. The molecule has 0 aliphatic carbocycles. The molecular formula is C18H17N3O5. The molecule has 3 aromatic rings. The highest BCUT2D eigenvalue weighted by molar-refractivity contribution is 5.85. The largest absolute Gasteiger partial charge is 0.491 e. The van der Waals surface area contributed by atoms with Gasteiger partial charge in [-0.15, -0.1) is 0 Å². The van der Waals surface area contributed by atoms with Crippen LogP contribution >= 0.6 is 0 Å². The van der Waals surface area contributed by atoms with Gasteiger partial charge in [0.15, 0.2) is 0 Å². The Hall–Kier alpha value is -3.55. The van der Waals surface area contributed by atoms with E-state index in [0.29, 0.717) is 11.3 Å². The maximum atomic E-state index is 11.5. The van der Waals surface area contributed by atoms with E-state index in [9.17, 15) is 20.0 Å². The Morgan fingerprint density at radius 1 is 1.23 bits per heavy atom. The summed E-state index contributed by atoms with van der Waals surface area (Å²) < 4.78 is 5.72.